The first-order chi connectivity index (χ1) is 10.2. The molecule has 21 heavy (non-hydrogen) atoms. The molecule has 108 valence electrons. The van der Waals surface area contributed by atoms with Crippen LogP contribution >= 0.6 is 0 Å². The predicted octanol–water partition coefficient (Wildman–Crippen LogP) is 3.93. The van der Waals surface area contributed by atoms with E-state index in [1.54, 1.807) is 0 Å². The van der Waals surface area contributed by atoms with Crippen LogP contribution in [0.3, 0.4) is 0 Å². The van der Waals surface area contributed by atoms with Gasteiger partial charge in [0.15, 0.2) is 0 Å². The molecule has 0 saturated heterocycles. The van der Waals surface area contributed by atoms with Crippen LogP contribution in [-0.4, -0.2) is 12.6 Å². The van der Waals surface area contributed by atoms with Gasteiger partial charge in [0.25, 0.3) is 0 Å². The third-order valence-corrected chi connectivity index (χ3v) is 2.93. The maximum atomic E-state index is 11.5. The third kappa shape index (κ3) is 5.53. The van der Waals surface area contributed by atoms with Gasteiger partial charge in [-0.05, 0) is 18.1 Å². The van der Waals surface area contributed by atoms with Crippen LogP contribution < -0.4 is 5.32 Å². The number of carbonyl (C=O) groups excluding carboxylic acids is 1. The van der Waals surface area contributed by atoms with Crippen LogP contribution in [-0.2, 0) is 11.3 Å². The second kappa shape index (κ2) is 7.90. The van der Waals surface area contributed by atoms with E-state index in [9.17, 15) is 4.79 Å². The Labute approximate surface area is 125 Å². The Morgan fingerprint density at radius 1 is 1.14 bits per heavy atom. The summed E-state index contributed by atoms with van der Waals surface area (Å²) in [4.78, 5) is 11.5. The van der Waals surface area contributed by atoms with E-state index in [1.807, 2.05) is 54.6 Å². The molecule has 0 bridgehead atoms. The van der Waals surface area contributed by atoms with Gasteiger partial charge in [0.2, 0.25) is 0 Å². The van der Waals surface area contributed by atoms with Crippen LogP contribution in [0.4, 0.5) is 4.79 Å². The van der Waals surface area contributed by atoms with E-state index in [4.69, 9.17) is 4.74 Å². The van der Waals surface area contributed by atoms with Gasteiger partial charge in [0.1, 0.15) is 6.61 Å². The Kier molecular flexibility index (Phi) is 5.59. The lowest BCUT2D eigenvalue weighted by atomic mass is 10.1. The van der Waals surface area contributed by atoms with Gasteiger partial charge >= 0.3 is 6.09 Å². The van der Waals surface area contributed by atoms with Gasteiger partial charge < -0.3 is 10.1 Å². The van der Waals surface area contributed by atoms with Crippen LogP contribution in [0.25, 0.3) is 6.08 Å². The topological polar surface area (TPSA) is 38.3 Å². The number of carbonyl (C=O) groups is 1. The van der Waals surface area contributed by atoms with E-state index < -0.39 is 6.09 Å². The molecule has 0 heterocycles. The molecule has 0 radical (unpaired) electrons. The number of hydrogen-bond acceptors (Lipinski definition) is 2. The van der Waals surface area contributed by atoms with E-state index in [0.717, 1.165) is 11.1 Å². The van der Waals surface area contributed by atoms with Gasteiger partial charge in [-0.25, -0.2) is 4.79 Å². The van der Waals surface area contributed by atoms with Gasteiger partial charge in [0, 0.05) is 6.54 Å². The lowest BCUT2D eigenvalue weighted by Gasteiger charge is -2.05. The molecular weight excluding hydrogens is 262 g/mol. The maximum Gasteiger partial charge on any atom is 0.407 e. The van der Waals surface area contributed by atoms with Crippen molar-refractivity contribution in [2.24, 2.45) is 0 Å². The zero-order valence-corrected chi connectivity index (χ0v) is 12.1. The Morgan fingerprint density at radius 3 is 2.71 bits per heavy atom. The van der Waals surface area contributed by atoms with E-state index in [1.165, 1.54) is 5.56 Å². The van der Waals surface area contributed by atoms with Gasteiger partial charge in [-0.15, -0.1) is 0 Å². The summed E-state index contributed by atoms with van der Waals surface area (Å²) in [5, 5.41) is 2.69. The number of alkyl carbamates (subject to hydrolysis) is 1. The Morgan fingerprint density at radius 2 is 1.95 bits per heavy atom. The fourth-order valence-corrected chi connectivity index (χ4v) is 1.89. The van der Waals surface area contributed by atoms with Crippen molar-refractivity contribution in [3.63, 3.8) is 0 Å². The smallest absolute Gasteiger partial charge is 0.407 e. The summed E-state index contributed by atoms with van der Waals surface area (Å²) in [6.07, 6.45) is 3.47. The van der Waals surface area contributed by atoms with Crippen LogP contribution in [0, 0.1) is 6.92 Å². The zero-order chi connectivity index (χ0) is 14.9. The number of ether oxygens (including phenoxy) is 1. The molecule has 0 spiro atoms. The van der Waals surface area contributed by atoms with Crippen LogP contribution in [0.5, 0.6) is 0 Å². The van der Waals surface area contributed by atoms with Crippen molar-refractivity contribution in [2.75, 3.05) is 6.54 Å². The molecule has 0 saturated carbocycles. The summed E-state index contributed by atoms with van der Waals surface area (Å²) in [7, 11) is 0. The highest BCUT2D eigenvalue weighted by molar-refractivity contribution is 5.67. The van der Waals surface area contributed by atoms with Crippen LogP contribution in [0.15, 0.2) is 60.7 Å². The highest BCUT2D eigenvalue weighted by Crippen LogP contribution is 2.05. The molecule has 0 unspecified atom stereocenters. The highest BCUT2D eigenvalue weighted by atomic mass is 16.5. The SMILES string of the molecule is Cc1cccc(C=CCNC(=O)OCc2ccccc2)c1. The van der Waals surface area contributed by atoms with E-state index in [-0.39, 0.29) is 6.61 Å². The summed E-state index contributed by atoms with van der Waals surface area (Å²) in [5.74, 6) is 0. The first kappa shape index (κ1) is 14.9. The number of aryl methyl sites for hydroxylation is 1. The second-order valence-corrected chi connectivity index (χ2v) is 4.76. The second-order valence-electron chi connectivity index (χ2n) is 4.76. The van der Waals surface area contributed by atoms with Crippen molar-refractivity contribution >= 4 is 12.2 Å². The highest BCUT2D eigenvalue weighted by Gasteiger charge is 1.99. The van der Waals surface area contributed by atoms with E-state index >= 15 is 0 Å². The molecule has 2 rings (SSSR count). The summed E-state index contributed by atoms with van der Waals surface area (Å²) >= 11 is 0. The molecular formula is C18H19NO2. The van der Waals surface area contributed by atoms with Crippen molar-refractivity contribution in [1.82, 2.24) is 5.32 Å². The molecule has 0 aliphatic rings. The monoisotopic (exact) mass is 281 g/mol. The van der Waals surface area contributed by atoms with E-state index in [2.05, 4.69) is 24.4 Å². The minimum Gasteiger partial charge on any atom is -0.445 e. The summed E-state index contributed by atoms with van der Waals surface area (Å²) in [6.45, 7) is 2.78. The largest absolute Gasteiger partial charge is 0.445 e. The zero-order valence-electron chi connectivity index (χ0n) is 12.1. The van der Waals surface area contributed by atoms with Crippen molar-refractivity contribution in [1.29, 1.82) is 0 Å². The number of hydrogen-bond donors (Lipinski definition) is 1. The molecule has 2 aromatic rings. The van der Waals surface area contributed by atoms with Crippen molar-refractivity contribution < 1.29 is 9.53 Å². The van der Waals surface area contributed by atoms with Crippen molar-refractivity contribution in [2.45, 2.75) is 13.5 Å². The first-order valence-corrected chi connectivity index (χ1v) is 6.92. The van der Waals surface area contributed by atoms with Gasteiger partial charge in [-0.2, -0.15) is 0 Å². The molecule has 0 aromatic heterocycles. The Bertz CT molecular complexity index is 606. The molecule has 3 heteroatoms. The number of nitrogens with one attached hydrogen (secondary N) is 1. The normalized spacial score (nSPS) is 10.5. The molecule has 2 aromatic carbocycles. The average Bonchev–Trinajstić information content (AvgIpc) is 2.51. The number of rotatable bonds is 5. The fraction of sp³-hybridized carbons (Fsp3) is 0.167. The molecule has 1 N–H and O–H groups in total. The number of benzene rings is 2. The predicted molar refractivity (Wildman–Crippen MR) is 84.8 cm³/mol. The quantitative estimate of drug-likeness (QED) is 0.901. The lowest BCUT2D eigenvalue weighted by molar-refractivity contribution is 0.141. The summed E-state index contributed by atoms with van der Waals surface area (Å²) in [5.41, 5.74) is 3.31. The minimum absolute atomic E-state index is 0.286. The Hall–Kier alpha value is -2.55. The van der Waals surface area contributed by atoms with Crippen LogP contribution in [0.2, 0.25) is 0 Å². The molecule has 1 amide bonds. The summed E-state index contributed by atoms with van der Waals surface area (Å²) in [6, 6.07) is 17.8. The van der Waals surface area contributed by atoms with Crippen molar-refractivity contribution in [3.8, 4) is 0 Å². The molecule has 0 aliphatic heterocycles. The standard InChI is InChI=1S/C18H19NO2/c1-15-7-5-10-16(13-15)11-6-12-19-18(20)21-14-17-8-3-2-4-9-17/h2-11,13H,12,14H2,1H3,(H,19,20). The minimum atomic E-state index is -0.409. The van der Waals surface area contributed by atoms with E-state index in [0.29, 0.717) is 6.54 Å². The Balaban J connectivity index is 1.69. The molecule has 0 fully saturated rings. The first-order valence-electron chi connectivity index (χ1n) is 6.92. The summed E-state index contributed by atoms with van der Waals surface area (Å²) < 4.78 is 5.12. The molecule has 3 nitrogen and oxygen atoms in total. The lowest BCUT2D eigenvalue weighted by Crippen LogP contribution is -2.24. The van der Waals surface area contributed by atoms with Gasteiger partial charge in [-0.3, -0.25) is 0 Å². The average molecular weight is 281 g/mol. The third-order valence-electron chi connectivity index (χ3n) is 2.93. The van der Waals surface area contributed by atoms with Gasteiger partial charge in [-0.1, -0.05) is 72.3 Å². The van der Waals surface area contributed by atoms with Crippen LogP contribution in [0.1, 0.15) is 16.7 Å². The number of amides is 1. The maximum absolute atomic E-state index is 11.5. The van der Waals surface area contributed by atoms with Gasteiger partial charge in [0.05, 0.1) is 0 Å². The van der Waals surface area contributed by atoms with Crippen molar-refractivity contribution in [3.05, 3.63) is 77.4 Å². The fourth-order valence-electron chi connectivity index (χ4n) is 1.89. The molecule has 0 atom stereocenters. The molecule has 0 aliphatic carbocycles.